The molecule has 2 rings (SSSR count). The summed E-state index contributed by atoms with van der Waals surface area (Å²) in [7, 11) is -3.66. The predicted molar refractivity (Wildman–Crippen MR) is 101 cm³/mol. The fourth-order valence-corrected chi connectivity index (χ4v) is 3.84. The predicted octanol–water partition coefficient (Wildman–Crippen LogP) is 3.17. The first-order valence-corrected chi connectivity index (χ1v) is 10.1. The van der Waals surface area contributed by atoms with Crippen LogP contribution >= 0.6 is 0 Å². The molecule has 2 aromatic rings. The summed E-state index contributed by atoms with van der Waals surface area (Å²) in [5.41, 5.74) is 2.15. The highest BCUT2D eigenvalue weighted by Gasteiger charge is 2.29. The van der Waals surface area contributed by atoms with Gasteiger partial charge in [-0.2, -0.15) is 0 Å². The van der Waals surface area contributed by atoms with Crippen LogP contribution in [0.25, 0.3) is 0 Å². The maximum Gasteiger partial charge on any atom is 0.244 e. The van der Waals surface area contributed by atoms with Gasteiger partial charge in [0.05, 0.1) is 18.0 Å². The number of benzene rings is 2. The van der Waals surface area contributed by atoms with Crippen LogP contribution in [0.3, 0.4) is 0 Å². The van der Waals surface area contributed by atoms with E-state index in [1.54, 1.807) is 43.3 Å². The lowest BCUT2D eigenvalue weighted by molar-refractivity contribution is -0.122. The lowest BCUT2D eigenvalue weighted by Gasteiger charge is -2.29. The zero-order valence-corrected chi connectivity index (χ0v) is 16.0. The van der Waals surface area contributed by atoms with Gasteiger partial charge in [0.25, 0.3) is 0 Å². The molecule has 0 heterocycles. The van der Waals surface area contributed by atoms with Crippen LogP contribution in [0.2, 0.25) is 0 Å². The molecule has 0 aliphatic heterocycles. The number of amides is 1. The Morgan fingerprint density at radius 2 is 1.58 bits per heavy atom. The fraction of sp³-hybridized carbons (Fsp3) is 0.316. The Morgan fingerprint density at radius 1 is 1.04 bits per heavy atom. The Hall–Kier alpha value is -2.41. The van der Waals surface area contributed by atoms with Crippen molar-refractivity contribution in [3.63, 3.8) is 0 Å². The van der Waals surface area contributed by atoms with E-state index in [1.165, 1.54) is 19.1 Å². The molecule has 1 N–H and O–H groups in total. The van der Waals surface area contributed by atoms with Gasteiger partial charge in [-0.05, 0) is 50.6 Å². The lowest BCUT2D eigenvalue weighted by Crippen LogP contribution is -2.48. The molecule has 5 nitrogen and oxygen atoms in total. The van der Waals surface area contributed by atoms with Gasteiger partial charge in [0.15, 0.2) is 0 Å². The number of hydrogen-bond acceptors (Lipinski definition) is 3. The Kier molecular flexibility index (Phi) is 6.02. The molecule has 0 saturated carbocycles. The third-order valence-electron chi connectivity index (χ3n) is 4.11. The van der Waals surface area contributed by atoms with E-state index in [0.717, 1.165) is 21.7 Å². The highest BCUT2D eigenvalue weighted by atomic mass is 32.2. The van der Waals surface area contributed by atoms with Crippen LogP contribution < -0.4 is 9.62 Å². The normalized spacial score (nSPS) is 13.7. The van der Waals surface area contributed by atoms with Gasteiger partial charge in [0, 0.05) is 0 Å². The molecular weight excluding hydrogens is 355 g/mol. The minimum atomic E-state index is -3.66. The SMILES string of the molecule is Cc1ccc(N([C@H](C)C(=O)N[C@@H](C)c2ccc(F)cc2)S(C)(=O)=O)cc1. The van der Waals surface area contributed by atoms with E-state index >= 15 is 0 Å². The minimum Gasteiger partial charge on any atom is -0.348 e. The van der Waals surface area contributed by atoms with Crippen LogP contribution in [0.1, 0.15) is 31.0 Å². The highest BCUT2D eigenvalue weighted by Crippen LogP contribution is 2.22. The van der Waals surface area contributed by atoms with Gasteiger partial charge in [-0.15, -0.1) is 0 Å². The maximum absolute atomic E-state index is 13.0. The van der Waals surface area contributed by atoms with Crippen molar-refractivity contribution in [1.29, 1.82) is 0 Å². The largest absolute Gasteiger partial charge is 0.348 e. The molecule has 2 atom stereocenters. The second kappa shape index (κ2) is 7.86. The second-order valence-corrected chi connectivity index (χ2v) is 8.21. The first-order chi connectivity index (χ1) is 12.1. The summed E-state index contributed by atoms with van der Waals surface area (Å²) in [6.07, 6.45) is 1.07. The first kappa shape index (κ1) is 19.9. The lowest BCUT2D eigenvalue weighted by atomic mass is 10.1. The number of anilines is 1. The maximum atomic E-state index is 13.0. The molecule has 0 saturated heterocycles. The summed E-state index contributed by atoms with van der Waals surface area (Å²) in [4.78, 5) is 12.6. The number of hydrogen-bond donors (Lipinski definition) is 1. The number of nitrogens with zero attached hydrogens (tertiary/aromatic N) is 1. The molecule has 0 bridgehead atoms. The molecule has 1 amide bonds. The molecule has 0 aliphatic rings. The molecule has 0 radical (unpaired) electrons. The summed E-state index contributed by atoms with van der Waals surface area (Å²) >= 11 is 0. The van der Waals surface area contributed by atoms with Crippen molar-refractivity contribution in [2.75, 3.05) is 10.6 Å². The standard InChI is InChI=1S/C19H23FN2O3S/c1-13-5-11-18(12-6-13)22(26(4,24)25)15(3)19(23)21-14(2)16-7-9-17(20)10-8-16/h5-12,14-15H,1-4H3,(H,21,23)/t14-,15+/m0/s1. The number of nitrogens with one attached hydrogen (secondary N) is 1. The fourth-order valence-electron chi connectivity index (χ4n) is 2.67. The summed E-state index contributed by atoms with van der Waals surface area (Å²) < 4.78 is 38.7. The number of aryl methyl sites for hydroxylation is 1. The van der Waals surface area contributed by atoms with Crippen molar-refractivity contribution in [2.24, 2.45) is 0 Å². The first-order valence-electron chi connectivity index (χ1n) is 8.21. The Bertz CT molecular complexity index is 865. The molecule has 140 valence electrons. The van der Waals surface area contributed by atoms with Crippen LogP contribution in [0.15, 0.2) is 48.5 Å². The van der Waals surface area contributed by atoms with Gasteiger partial charge < -0.3 is 5.32 Å². The molecule has 0 unspecified atom stereocenters. The zero-order chi connectivity index (χ0) is 19.5. The molecule has 7 heteroatoms. The summed E-state index contributed by atoms with van der Waals surface area (Å²) in [5, 5.41) is 2.78. The molecule has 0 aromatic heterocycles. The van der Waals surface area contributed by atoms with Gasteiger partial charge >= 0.3 is 0 Å². The molecular formula is C19H23FN2O3S. The molecule has 2 aromatic carbocycles. The van der Waals surface area contributed by atoms with Gasteiger partial charge in [-0.1, -0.05) is 29.8 Å². The van der Waals surface area contributed by atoms with E-state index in [0.29, 0.717) is 5.69 Å². The van der Waals surface area contributed by atoms with Crippen LogP contribution in [-0.4, -0.2) is 26.6 Å². The average Bonchev–Trinajstić information content (AvgIpc) is 2.56. The van der Waals surface area contributed by atoms with Crippen LogP contribution in [0.4, 0.5) is 10.1 Å². The van der Waals surface area contributed by atoms with Crippen molar-refractivity contribution in [3.05, 3.63) is 65.5 Å². The quantitative estimate of drug-likeness (QED) is 0.840. The monoisotopic (exact) mass is 378 g/mol. The van der Waals surface area contributed by atoms with Gasteiger partial charge in [0.1, 0.15) is 11.9 Å². The summed E-state index contributed by atoms with van der Waals surface area (Å²) in [6, 6.07) is 11.4. The van der Waals surface area contributed by atoms with Crippen molar-refractivity contribution >= 4 is 21.6 Å². The van der Waals surface area contributed by atoms with Gasteiger partial charge in [0.2, 0.25) is 15.9 Å². The van der Waals surface area contributed by atoms with Crippen molar-refractivity contribution < 1.29 is 17.6 Å². The van der Waals surface area contributed by atoms with Gasteiger partial charge in [-0.25, -0.2) is 12.8 Å². The zero-order valence-electron chi connectivity index (χ0n) is 15.2. The van der Waals surface area contributed by atoms with E-state index < -0.39 is 22.0 Å². The molecule has 26 heavy (non-hydrogen) atoms. The third kappa shape index (κ3) is 4.82. The van der Waals surface area contributed by atoms with E-state index in [9.17, 15) is 17.6 Å². The Morgan fingerprint density at radius 3 is 2.08 bits per heavy atom. The Labute approximate surface area is 153 Å². The van der Waals surface area contributed by atoms with E-state index in [-0.39, 0.29) is 11.9 Å². The second-order valence-electron chi connectivity index (χ2n) is 6.35. The van der Waals surface area contributed by atoms with E-state index in [2.05, 4.69) is 5.32 Å². The summed E-state index contributed by atoms with van der Waals surface area (Å²) in [5.74, 6) is -0.795. The number of sulfonamides is 1. The third-order valence-corrected chi connectivity index (χ3v) is 5.35. The van der Waals surface area contributed by atoms with Gasteiger partial charge in [-0.3, -0.25) is 9.10 Å². The van der Waals surface area contributed by atoms with E-state index in [1.807, 2.05) is 6.92 Å². The summed E-state index contributed by atoms with van der Waals surface area (Å²) in [6.45, 7) is 5.19. The van der Waals surface area contributed by atoms with Crippen LogP contribution in [-0.2, 0) is 14.8 Å². The highest BCUT2D eigenvalue weighted by molar-refractivity contribution is 7.92. The van der Waals surface area contributed by atoms with E-state index in [4.69, 9.17) is 0 Å². The minimum absolute atomic E-state index is 0.358. The molecule has 0 spiro atoms. The number of halogens is 1. The molecule has 0 aliphatic carbocycles. The molecule has 0 fully saturated rings. The Balaban J connectivity index is 2.22. The average molecular weight is 378 g/mol. The number of carbonyl (C=O) groups excluding carboxylic acids is 1. The number of carbonyl (C=O) groups is 1. The number of rotatable bonds is 6. The van der Waals surface area contributed by atoms with Crippen molar-refractivity contribution in [3.8, 4) is 0 Å². The van der Waals surface area contributed by atoms with Crippen molar-refractivity contribution in [2.45, 2.75) is 32.9 Å². The topological polar surface area (TPSA) is 66.5 Å². The van der Waals surface area contributed by atoms with Crippen LogP contribution in [0.5, 0.6) is 0 Å². The smallest absolute Gasteiger partial charge is 0.244 e. The van der Waals surface area contributed by atoms with Crippen LogP contribution in [0, 0.1) is 12.7 Å². The van der Waals surface area contributed by atoms with Crippen molar-refractivity contribution in [1.82, 2.24) is 5.32 Å².